The smallest absolute Gasteiger partial charge is 0.195 e. The van der Waals surface area contributed by atoms with Crippen LogP contribution in [0.15, 0.2) is 0 Å². The van der Waals surface area contributed by atoms with E-state index in [4.69, 9.17) is 0 Å². The third-order valence-corrected chi connectivity index (χ3v) is 5.19. The predicted octanol–water partition coefficient (Wildman–Crippen LogP) is 1.29. The van der Waals surface area contributed by atoms with E-state index in [1.165, 1.54) is 0 Å². The predicted molar refractivity (Wildman–Crippen MR) is 50.7 cm³/mol. The lowest BCUT2D eigenvalue weighted by Crippen LogP contribution is -2.18. The van der Waals surface area contributed by atoms with Gasteiger partial charge in [-0.25, -0.2) is 0 Å². The first kappa shape index (κ1) is 12.8. The van der Waals surface area contributed by atoms with Gasteiger partial charge >= 0.3 is 20.4 Å². The van der Waals surface area contributed by atoms with Gasteiger partial charge in [-0.1, -0.05) is 6.42 Å². The summed E-state index contributed by atoms with van der Waals surface area (Å²) in [5, 5.41) is -2.35. The lowest BCUT2D eigenvalue weighted by atomic mass is 10.2. The number of halogens is 2. The molecule has 0 aliphatic heterocycles. The zero-order chi connectivity index (χ0) is 11.7. The summed E-state index contributed by atoms with van der Waals surface area (Å²) in [7, 11) is -9.27. The van der Waals surface area contributed by atoms with Gasteiger partial charge < -0.3 is 0 Å². The number of rotatable bonds is 2. The zero-order valence-electron chi connectivity index (χ0n) is 7.90. The topological polar surface area (TPSA) is 68.3 Å². The minimum atomic E-state index is -4.64. The van der Waals surface area contributed by atoms with E-state index >= 15 is 0 Å². The fourth-order valence-electron chi connectivity index (χ4n) is 1.80. The van der Waals surface area contributed by atoms with Crippen molar-refractivity contribution in [1.82, 2.24) is 0 Å². The van der Waals surface area contributed by atoms with E-state index in [1.54, 1.807) is 0 Å². The van der Waals surface area contributed by atoms with E-state index in [1.807, 2.05) is 0 Å². The van der Waals surface area contributed by atoms with Crippen LogP contribution in [0.5, 0.6) is 0 Å². The van der Waals surface area contributed by atoms with Gasteiger partial charge in [0.25, 0.3) is 0 Å². The third kappa shape index (κ3) is 3.67. The van der Waals surface area contributed by atoms with Crippen LogP contribution in [0.2, 0.25) is 0 Å². The molecule has 8 heteroatoms. The molecule has 0 bridgehead atoms. The van der Waals surface area contributed by atoms with Crippen LogP contribution in [0.4, 0.5) is 7.77 Å². The second-order valence-electron chi connectivity index (χ2n) is 3.70. The summed E-state index contributed by atoms with van der Waals surface area (Å²) < 4.78 is 67.6. The van der Waals surface area contributed by atoms with Crippen LogP contribution in [0, 0.1) is 0 Å². The molecular formula is C7H12F2O4S2. The fourth-order valence-corrected chi connectivity index (χ4v) is 3.53. The first-order valence-corrected chi connectivity index (χ1v) is 7.47. The average molecular weight is 262 g/mol. The van der Waals surface area contributed by atoms with Gasteiger partial charge in [0, 0.05) is 0 Å². The largest absolute Gasteiger partial charge is 0.305 e. The van der Waals surface area contributed by atoms with Crippen molar-refractivity contribution >= 4 is 20.4 Å². The Morgan fingerprint density at radius 1 is 0.733 bits per heavy atom. The van der Waals surface area contributed by atoms with Gasteiger partial charge in [0.05, 0.1) is 10.5 Å². The third-order valence-electron chi connectivity index (χ3n) is 2.66. The summed E-state index contributed by atoms with van der Waals surface area (Å²) in [5.74, 6) is 0. The van der Waals surface area contributed by atoms with Crippen molar-refractivity contribution in [3.63, 3.8) is 0 Å². The van der Waals surface area contributed by atoms with Crippen LogP contribution >= 0.6 is 0 Å². The maximum Gasteiger partial charge on any atom is 0.305 e. The van der Waals surface area contributed by atoms with Crippen molar-refractivity contribution in [3.05, 3.63) is 0 Å². The molecule has 15 heavy (non-hydrogen) atoms. The molecule has 0 N–H and O–H groups in total. The van der Waals surface area contributed by atoms with E-state index in [2.05, 4.69) is 0 Å². The summed E-state index contributed by atoms with van der Waals surface area (Å²) in [6.45, 7) is 0. The van der Waals surface area contributed by atoms with E-state index in [9.17, 15) is 24.6 Å². The van der Waals surface area contributed by atoms with Crippen molar-refractivity contribution in [1.29, 1.82) is 0 Å². The summed E-state index contributed by atoms with van der Waals surface area (Å²) >= 11 is 0. The molecule has 0 amide bonds. The Bertz CT molecular complexity index is 374. The number of hydrogen-bond donors (Lipinski definition) is 0. The van der Waals surface area contributed by atoms with Crippen molar-refractivity contribution in [2.24, 2.45) is 0 Å². The molecule has 1 saturated carbocycles. The Labute approximate surface area is 88.1 Å². The van der Waals surface area contributed by atoms with Crippen LogP contribution in [0.1, 0.15) is 32.1 Å². The average Bonchev–Trinajstić information content (AvgIpc) is 2.24. The maximum absolute atomic E-state index is 12.6. The molecular weight excluding hydrogens is 250 g/mol. The van der Waals surface area contributed by atoms with Crippen molar-refractivity contribution in [3.8, 4) is 0 Å². The van der Waals surface area contributed by atoms with Gasteiger partial charge in [-0.05, 0) is 25.7 Å². The molecule has 0 aromatic rings. The molecule has 2 atom stereocenters. The zero-order valence-corrected chi connectivity index (χ0v) is 9.53. The van der Waals surface area contributed by atoms with Crippen LogP contribution < -0.4 is 0 Å². The summed E-state index contributed by atoms with van der Waals surface area (Å²) in [6, 6.07) is 0. The molecule has 0 aromatic heterocycles. The minimum Gasteiger partial charge on any atom is -0.195 e. The second kappa shape index (κ2) is 4.32. The highest BCUT2D eigenvalue weighted by molar-refractivity contribution is 7.87. The molecule has 1 fully saturated rings. The molecule has 0 spiro atoms. The molecule has 0 aromatic carbocycles. The van der Waals surface area contributed by atoms with Crippen molar-refractivity contribution in [2.75, 3.05) is 0 Å². The Kier molecular flexibility index (Phi) is 3.70. The van der Waals surface area contributed by atoms with E-state index in [0.29, 0.717) is 0 Å². The van der Waals surface area contributed by atoms with E-state index in [-0.39, 0.29) is 32.1 Å². The highest BCUT2D eigenvalue weighted by Crippen LogP contribution is 2.28. The van der Waals surface area contributed by atoms with Crippen molar-refractivity contribution in [2.45, 2.75) is 42.6 Å². The fraction of sp³-hybridized carbons (Fsp3) is 1.00. The van der Waals surface area contributed by atoms with Crippen LogP contribution in [-0.2, 0) is 20.4 Å². The molecule has 0 saturated heterocycles. The SMILES string of the molecule is O=S(=O)(F)C1CCCC(S(=O)(=O)F)CC1. The summed E-state index contributed by atoms with van der Waals surface area (Å²) in [6.07, 6.45) is 0.0661. The second-order valence-corrected chi connectivity index (χ2v) is 6.94. The molecule has 1 rings (SSSR count). The molecule has 1 aliphatic rings. The molecule has 0 heterocycles. The summed E-state index contributed by atoms with van der Waals surface area (Å²) in [4.78, 5) is 0. The van der Waals surface area contributed by atoms with Gasteiger partial charge in [0.2, 0.25) is 0 Å². The van der Waals surface area contributed by atoms with E-state index in [0.717, 1.165) is 0 Å². The normalized spacial score (nSPS) is 29.7. The van der Waals surface area contributed by atoms with Gasteiger partial charge in [0.15, 0.2) is 0 Å². The molecule has 0 radical (unpaired) electrons. The first-order valence-electron chi connectivity index (χ1n) is 4.58. The van der Waals surface area contributed by atoms with Crippen LogP contribution in [0.25, 0.3) is 0 Å². The summed E-state index contributed by atoms with van der Waals surface area (Å²) in [5.41, 5.74) is 0. The van der Waals surface area contributed by atoms with Gasteiger partial charge in [-0.15, -0.1) is 7.77 Å². The Morgan fingerprint density at radius 3 is 1.33 bits per heavy atom. The van der Waals surface area contributed by atoms with Crippen LogP contribution in [0.3, 0.4) is 0 Å². The van der Waals surface area contributed by atoms with E-state index < -0.39 is 30.9 Å². The Morgan fingerprint density at radius 2 is 1.07 bits per heavy atom. The maximum atomic E-state index is 12.6. The lowest BCUT2D eigenvalue weighted by molar-refractivity contribution is 0.512. The standard InChI is InChI=1S/C7H12F2O4S2/c8-14(10,11)6-2-1-3-7(5-4-6)15(9,12)13/h6-7H,1-5H2. The molecule has 90 valence electrons. The minimum absolute atomic E-state index is 0.0604. The van der Waals surface area contributed by atoms with Crippen LogP contribution in [-0.4, -0.2) is 27.3 Å². The highest BCUT2D eigenvalue weighted by atomic mass is 32.3. The monoisotopic (exact) mass is 262 g/mol. The Balaban J connectivity index is 2.73. The lowest BCUT2D eigenvalue weighted by Gasteiger charge is -2.08. The molecule has 1 aliphatic carbocycles. The first-order chi connectivity index (χ1) is 6.71. The van der Waals surface area contributed by atoms with Gasteiger partial charge in [-0.2, -0.15) is 16.8 Å². The molecule has 2 unspecified atom stereocenters. The quantitative estimate of drug-likeness (QED) is 0.555. The highest BCUT2D eigenvalue weighted by Gasteiger charge is 2.33. The number of hydrogen-bond acceptors (Lipinski definition) is 4. The van der Waals surface area contributed by atoms with Crippen molar-refractivity contribution < 1.29 is 24.6 Å². The van der Waals surface area contributed by atoms with Gasteiger partial charge in [-0.3, -0.25) is 0 Å². The molecule has 4 nitrogen and oxygen atoms in total. The Hall–Kier alpha value is -0.240. The van der Waals surface area contributed by atoms with Gasteiger partial charge in [0.1, 0.15) is 0 Å².